The van der Waals surface area contributed by atoms with E-state index in [2.05, 4.69) is 31.7 Å². The van der Waals surface area contributed by atoms with Gasteiger partial charge in [0.15, 0.2) is 0 Å². The molecular weight excluding hydrogens is 160 g/mol. The molecule has 13 heavy (non-hydrogen) atoms. The first-order valence-corrected chi connectivity index (χ1v) is 5.34. The summed E-state index contributed by atoms with van der Waals surface area (Å²) in [7, 11) is 0. The molecule has 3 unspecified atom stereocenters. The third-order valence-electron chi connectivity index (χ3n) is 3.13. The maximum absolute atomic E-state index is 8.97. The Hall–Kier alpha value is -0.550. The molecule has 0 aliphatic carbocycles. The van der Waals surface area contributed by atoms with Gasteiger partial charge in [0.2, 0.25) is 0 Å². The highest BCUT2D eigenvalue weighted by Gasteiger charge is 2.27. The number of rotatable bonds is 2. The SMILES string of the molecule is CCC(C#N)N1CCC(C)CC1C. The van der Waals surface area contributed by atoms with Gasteiger partial charge in [-0.25, -0.2) is 0 Å². The van der Waals surface area contributed by atoms with Crippen molar-refractivity contribution in [3.63, 3.8) is 0 Å². The fourth-order valence-electron chi connectivity index (χ4n) is 2.29. The second-order valence-electron chi connectivity index (χ2n) is 4.27. The van der Waals surface area contributed by atoms with Crippen molar-refractivity contribution in [3.8, 4) is 6.07 Å². The Morgan fingerprint density at radius 1 is 1.54 bits per heavy atom. The average Bonchev–Trinajstić information content (AvgIpc) is 2.10. The zero-order valence-corrected chi connectivity index (χ0v) is 8.95. The van der Waals surface area contributed by atoms with E-state index in [-0.39, 0.29) is 6.04 Å². The molecule has 1 fully saturated rings. The van der Waals surface area contributed by atoms with Crippen LogP contribution >= 0.6 is 0 Å². The van der Waals surface area contributed by atoms with Gasteiger partial charge in [0.05, 0.1) is 12.1 Å². The van der Waals surface area contributed by atoms with Gasteiger partial charge in [-0.3, -0.25) is 4.90 Å². The molecule has 1 aliphatic rings. The maximum atomic E-state index is 8.97. The Balaban J connectivity index is 2.55. The van der Waals surface area contributed by atoms with Gasteiger partial charge >= 0.3 is 0 Å². The fraction of sp³-hybridized carbons (Fsp3) is 0.909. The lowest BCUT2D eigenvalue weighted by atomic mass is 9.92. The van der Waals surface area contributed by atoms with Crippen LogP contribution in [-0.4, -0.2) is 23.5 Å². The third kappa shape index (κ3) is 2.45. The van der Waals surface area contributed by atoms with E-state index < -0.39 is 0 Å². The van der Waals surface area contributed by atoms with Crippen LogP contribution in [0.25, 0.3) is 0 Å². The van der Waals surface area contributed by atoms with Crippen molar-refractivity contribution in [2.75, 3.05) is 6.54 Å². The lowest BCUT2D eigenvalue weighted by Gasteiger charge is -2.38. The van der Waals surface area contributed by atoms with Crippen molar-refractivity contribution in [3.05, 3.63) is 0 Å². The second-order valence-corrected chi connectivity index (χ2v) is 4.27. The molecule has 2 heteroatoms. The predicted octanol–water partition coefficient (Wildman–Crippen LogP) is 2.41. The van der Waals surface area contributed by atoms with E-state index in [0.29, 0.717) is 6.04 Å². The Labute approximate surface area is 81.5 Å². The molecule has 3 atom stereocenters. The maximum Gasteiger partial charge on any atom is 0.0977 e. The summed E-state index contributed by atoms with van der Waals surface area (Å²) in [4.78, 5) is 2.36. The van der Waals surface area contributed by atoms with E-state index in [4.69, 9.17) is 5.26 Å². The smallest absolute Gasteiger partial charge is 0.0977 e. The Kier molecular flexibility index (Phi) is 3.74. The van der Waals surface area contributed by atoms with E-state index >= 15 is 0 Å². The molecule has 1 saturated heterocycles. The monoisotopic (exact) mass is 180 g/mol. The molecule has 0 N–H and O–H groups in total. The van der Waals surface area contributed by atoms with Gasteiger partial charge in [0.25, 0.3) is 0 Å². The van der Waals surface area contributed by atoms with Crippen molar-refractivity contribution in [2.24, 2.45) is 5.92 Å². The van der Waals surface area contributed by atoms with Crippen LogP contribution in [0, 0.1) is 17.2 Å². The van der Waals surface area contributed by atoms with E-state index in [0.717, 1.165) is 18.9 Å². The van der Waals surface area contributed by atoms with Gasteiger partial charge in [0.1, 0.15) is 0 Å². The topological polar surface area (TPSA) is 27.0 Å². The zero-order valence-electron chi connectivity index (χ0n) is 8.95. The quantitative estimate of drug-likeness (QED) is 0.652. The Morgan fingerprint density at radius 3 is 2.69 bits per heavy atom. The van der Waals surface area contributed by atoms with Crippen molar-refractivity contribution >= 4 is 0 Å². The molecule has 0 saturated carbocycles. The first-order valence-electron chi connectivity index (χ1n) is 5.34. The minimum atomic E-state index is 0.141. The fourth-order valence-corrected chi connectivity index (χ4v) is 2.29. The number of hydrogen-bond acceptors (Lipinski definition) is 2. The van der Waals surface area contributed by atoms with Crippen LogP contribution in [0.2, 0.25) is 0 Å². The molecule has 1 rings (SSSR count). The molecule has 0 aromatic carbocycles. The summed E-state index contributed by atoms with van der Waals surface area (Å²) in [6.45, 7) is 7.75. The molecule has 1 heterocycles. The van der Waals surface area contributed by atoms with Crippen molar-refractivity contribution in [1.82, 2.24) is 4.90 Å². The van der Waals surface area contributed by atoms with Crippen LogP contribution in [0.1, 0.15) is 40.0 Å². The molecule has 0 radical (unpaired) electrons. The van der Waals surface area contributed by atoms with Gasteiger partial charge in [-0.1, -0.05) is 13.8 Å². The minimum Gasteiger partial charge on any atom is -0.285 e. The van der Waals surface area contributed by atoms with Gasteiger partial charge in [-0.05, 0) is 38.6 Å². The van der Waals surface area contributed by atoms with E-state index in [9.17, 15) is 0 Å². The third-order valence-corrected chi connectivity index (χ3v) is 3.13. The molecule has 2 nitrogen and oxygen atoms in total. The molecule has 0 aromatic heterocycles. The summed E-state index contributed by atoms with van der Waals surface area (Å²) in [6, 6.07) is 3.12. The molecule has 0 bridgehead atoms. The van der Waals surface area contributed by atoms with Crippen molar-refractivity contribution in [2.45, 2.75) is 52.1 Å². The lowest BCUT2D eigenvalue weighted by Crippen LogP contribution is -2.45. The van der Waals surface area contributed by atoms with Crippen LogP contribution in [0.15, 0.2) is 0 Å². The number of piperidine rings is 1. The van der Waals surface area contributed by atoms with Crippen LogP contribution in [0.4, 0.5) is 0 Å². The first kappa shape index (κ1) is 10.5. The summed E-state index contributed by atoms with van der Waals surface area (Å²) in [5.74, 6) is 0.836. The van der Waals surface area contributed by atoms with Crippen LogP contribution in [-0.2, 0) is 0 Å². The molecule has 74 valence electrons. The Morgan fingerprint density at radius 2 is 2.23 bits per heavy atom. The first-order chi connectivity index (χ1) is 6.19. The standard InChI is InChI=1S/C11H20N2/c1-4-11(8-12)13-6-5-9(2)7-10(13)3/h9-11H,4-7H2,1-3H3. The van der Waals surface area contributed by atoms with E-state index in [1.807, 2.05) is 0 Å². The highest BCUT2D eigenvalue weighted by atomic mass is 15.2. The highest BCUT2D eigenvalue weighted by molar-refractivity contribution is 4.94. The van der Waals surface area contributed by atoms with Crippen LogP contribution < -0.4 is 0 Å². The average molecular weight is 180 g/mol. The molecule has 0 amide bonds. The van der Waals surface area contributed by atoms with Gasteiger partial charge in [0, 0.05) is 6.04 Å². The predicted molar refractivity (Wildman–Crippen MR) is 54.3 cm³/mol. The second kappa shape index (κ2) is 4.62. The molecular formula is C11H20N2. The number of nitrogens with zero attached hydrogens (tertiary/aromatic N) is 2. The lowest BCUT2D eigenvalue weighted by molar-refractivity contribution is 0.103. The number of likely N-dealkylation sites (tertiary alicyclic amines) is 1. The minimum absolute atomic E-state index is 0.141. The summed E-state index contributed by atoms with van der Waals surface area (Å²) in [5.41, 5.74) is 0. The molecule has 1 aliphatic heterocycles. The molecule has 0 spiro atoms. The van der Waals surface area contributed by atoms with Crippen LogP contribution in [0.3, 0.4) is 0 Å². The van der Waals surface area contributed by atoms with Crippen molar-refractivity contribution in [1.29, 1.82) is 5.26 Å². The number of hydrogen-bond donors (Lipinski definition) is 0. The normalized spacial score (nSPS) is 32.5. The summed E-state index contributed by atoms with van der Waals surface area (Å²) in [6.07, 6.45) is 3.45. The van der Waals surface area contributed by atoms with Crippen LogP contribution in [0.5, 0.6) is 0 Å². The highest BCUT2D eigenvalue weighted by Crippen LogP contribution is 2.24. The summed E-state index contributed by atoms with van der Waals surface area (Å²) < 4.78 is 0. The van der Waals surface area contributed by atoms with Crippen molar-refractivity contribution < 1.29 is 0 Å². The molecule has 0 aromatic rings. The largest absolute Gasteiger partial charge is 0.285 e. The Bertz CT molecular complexity index is 195. The van der Waals surface area contributed by atoms with Gasteiger partial charge < -0.3 is 0 Å². The zero-order chi connectivity index (χ0) is 9.84. The van der Waals surface area contributed by atoms with Gasteiger partial charge in [-0.2, -0.15) is 5.26 Å². The van der Waals surface area contributed by atoms with Gasteiger partial charge in [-0.15, -0.1) is 0 Å². The van der Waals surface area contributed by atoms with E-state index in [1.54, 1.807) is 0 Å². The summed E-state index contributed by atoms with van der Waals surface area (Å²) >= 11 is 0. The number of nitriles is 1. The summed E-state index contributed by atoms with van der Waals surface area (Å²) in [5, 5.41) is 8.97. The van der Waals surface area contributed by atoms with E-state index in [1.165, 1.54) is 12.8 Å².